The van der Waals surface area contributed by atoms with E-state index in [4.69, 9.17) is 6.42 Å². The smallest absolute Gasteiger partial charge is 0.126 e. The van der Waals surface area contributed by atoms with Crippen LogP contribution in [0.15, 0.2) is 0 Å². The third kappa shape index (κ3) is 3.08. The number of thioether (sulfide) groups is 1. The number of hydrogen-bond donors (Lipinski definition) is 0. The maximum absolute atomic E-state index is 11.0. The lowest BCUT2D eigenvalue weighted by Crippen LogP contribution is -2.27. The molecule has 0 bridgehead atoms. The van der Waals surface area contributed by atoms with Crippen molar-refractivity contribution in [2.75, 3.05) is 11.5 Å². The molecule has 0 saturated carbocycles. The molecule has 0 spiro atoms. The number of carbonyl (C=O) groups is 1. The van der Waals surface area contributed by atoms with E-state index < -0.39 is 0 Å². The van der Waals surface area contributed by atoms with Gasteiger partial charge in [-0.05, 0) is 37.2 Å². The second-order valence-corrected chi connectivity index (χ2v) is 4.88. The molecule has 72 valence electrons. The topological polar surface area (TPSA) is 17.1 Å². The minimum atomic E-state index is -0.0257. The van der Waals surface area contributed by atoms with Crippen molar-refractivity contribution in [2.45, 2.75) is 32.1 Å². The Balaban J connectivity index is 2.39. The zero-order chi connectivity index (χ0) is 9.57. The molecular formula is C11H16OS. The maximum Gasteiger partial charge on any atom is 0.126 e. The Labute approximate surface area is 84.7 Å². The van der Waals surface area contributed by atoms with Crippen LogP contribution in [-0.4, -0.2) is 17.8 Å². The van der Waals surface area contributed by atoms with Gasteiger partial charge in [-0.1, -0.05) is 0 Å². The lowest BCUT2D eigenvalue weighted by molar-refractivity contribution is -0.117. The van der Waals surface area contributed by atoms with Gasteiger partial charge >= 0.3 is 0 Å². The van der Waals surface area contributed by atoms with Crippen LogP contribution in [0.4, 0.5) is 0 Å². The Kier molecular flexibility index (Phi) is 4.38. The predicted molar refractivity (Wildman–Crippen MR) is 57.7 cm³/mol. The quantitative estimate of drug-likeness (QED) is 0.390. The molecular weight excluding hydrogens is 180 g/mol. The highest BCUT2D eigenvalue weighted by Crippen LogP contribution is 2.37. The van der Waals surface area contributed by atoms with E-state index >= 15 is 0 Å². The molecule has 1 aliphatic rings. The van der Waals surface area contributed by atoms with Crippen LogP contribution in [0, 0.1) is 17.8 Å². The molecule has 1 fully saturated rings. The lowest BCUT2D eigenvalue weighted by atomic mass is 9.79. The lowest BCUT2D eigenvalue weighted by Gasteiger charge is -2.31. The van der Waals surface area contributed by atoms with E-state index in [9.17, 15) is 4.79 Å². The molecule has 1 aliphatic heterocycles. The first-order valence-corrected chi connectivity index (χ1v) is 5.96. The van der Waals surface area contributed by atoms with E-state index in [1.54, 1.807) is 0 Å². The zero-order valence-electron chi connectivity index (χ0n) is 7.92. The van der Waals surface area contributed by atoms with Crippen molar-refractivity contribution in [1.29, 1.82) is 0 Å². The van der Waals surface area contributed by atoms with Gasteiger partial charge in [0.25, 0.3) is 0 Å². The fourth-order valence-electron chi connectivity index (χ4n) is 1.75. The number of rotatable bonds is 4. The summed E-state index contributed by atoms with van der Waals surface area (Å²) in [6.07, 6.45) is 11.2. The second kappa shape index (κ2) is 5.34. The van der Waals surface area contributed by atoms with Crippen molar-refractivity contribution in [3.05, 3.63) is 0 Å². The Hall–Kier alpha value is -0.420. The van der Waals surface area contributed by atoms with E-state index in [1.807, 2.05) is 11.8 Å². The van der Waals surface area contributed by atoms with Crippen LogP contribution < -0.4 is 0 Å². The molecule has 1 rings (SSSR count). The molecule has 0 aromatic carbocycles. The van der Waals surface area contributed by atoms with Crippen molar-refractivity contribution < 1.29 is 4.79 Å². The van der Waals surface area contributed by atoms with Crippen LogP contribution in [0.25, 0.3) is 0 Å². The first kappa shape index (κ1) is 10.7. The van der Waals surface area contributed by atoms with Crippen molar-refractivity contribution in [3.8, 4) is 12.3 Å². The molecule has 0 unspecified atom stereocenters. The van der Waals surface area contributed by atoms with Gasteiger partial charge in [-0.15, -0.1) is 12.3 Å². The molecule has 1 saturated heterocycles. The molecule has 1 nitrogen and oxygen atoms in total. The molecule has 0 aliphatic carbocycles. The van der Waals surface area contributed by atoms with Crippen LogP contribution in [0.3, 0.4) is 0 Å². The van der Waals surface area contributed by atoms with E-state index in [1.165, 1.54) is 6.29 Å². The van der Waals surface area contributed by atoms with Crippen molar-refractivity contribution >= 4 is 18.0 Å². The van der Waals surface area contributed by atoms with Gasteiger partial charge in [-0.2, -0.15) is 11.8 Å². The molecule has 0 radical (unpaired) electrons. The van der Waals surface area contributed by atoms with Gasteiger partial charge in [0.15, 0.2) is 0 Å². The Bertz CT molecular complexity index is 199. The van der Waals surface area contributed by atoms with Crippen LogP contribution in [0.2, 0.25) is 0 Å². The standard InChI is InChI=1S/C11H16OS/c1-2-3-4-5-11(10-12)6-8-13-9-7-11/h1,10H,3-9H2. The summed E-state index contributed by atoms with van der Waals surface area (Å²) in [5.41, 5.74) is -0.0257. The third-order valence-electron chi connectivity index (χ3n) is 2.73. The average molecular weight is 196 g/mol. The summed E-state index contributed by atoms with van der Waals surface area (Å²) in [6.45, 7) is 0. The summed E-state index contributed by atoms with van der Waals surface area (Å²) in [6, 6.07) is 0. The Morgan fingerprint density at radius 1 is 1.46 bits per heavy atom. The van der Waals surface area contributed by atoms with Crippen LogP contribution in [0.1, 0.15) is 32.1 Å². The van der Waals surface area contributed by atoms with E-state index in [-0.39, 0.29) is 5.41 Å². The number of carbonyl (C=O) groups excluding carboxylic acids is 1. The van der Waals surface area contributed by atoms with Crippen LogP contribution >= 0.6 is 11.8 Å². The van der Waals surface area contributed by atoms with Gasteiger partial charge in [0.1, 0.15) is 6.29 Å². The minimum Gasteiger partial charge on any atom is -0.303 e. The zero-order valence-corrected chi connectivity index (χ0v) is 8.74. The van der Waals surface area contributed by atoms with E-state index in [2.05, 4.69) is 5.92 Å². The first-order valence-electron chi connectivity index (χ1n) is 4.80. The summed E-state index contributed by atoms with van der Waals surface area (Å²) in [5.74, 6) is 4.89. The van der Waals surface area contributed by atoms with Crippen molar-refractivity contribution in [3.63, 3.8) is 0 Å². The van der Waals surface area contributed by atoms with Crippen molar-refractivity contribution in [1.82, 2.24) is 0 Å². The second-order valence-electron chi connectivity index (χ2n) is 3.65. The average Bonchev–Trinajstić information content (AvgIpc) is 2.20. The molecule has 0 N–H and O–H groups in total. The predicted octanol–water partition coefficient (Wildman–Crippen LogP) is 2.50. The van der Waals surface area contributed by atoms with Gasteiger partial charge < -0.3 is 4.79 Å². The molecule has 13 heavy (non-hydrogen) atoms. The molecule has 0 aromatic rings. The van der Waals surface area contributed by atoms with Crippen LogP contribution in [0.5, 0.6) is 0 Å². The number of terminal acetylenes is 1. The fraction of sp³-hybridized carbons (Fsp3) is 0.727. The highest BCUT2D eigenvalue weighted by atomic mass is 32.2. The summed E-state index contributed by atoms with van der Waals surface area (Å²) < 4.78 is 0. The van der Waals surface area contributed by atoms with Crippen molar-refractivity contribution in [2.24, 2.45) is 5.41 Å². The first-order chi connectivity index (χ1) is 6.33. The largest absolute Gasteiger partial charge is 0.303 e. The summed E-state index contributed by atoms with van der Waals surface area (Å²) in [4.78, 5) is 11.0. The SMILES string of the molecule is C#CCCCC1(C=O)CCSCC1. The number of unbranched alkanes of at least 4 members (excludes halogenated alkanes) is 1. The maximum atomic E-state index is 11.0. The highest BCUT2D eigenvalue weighted by molar-refractivity contribution is 7.99. The molecule has 0 amide bonds. The Morgan fingerprint density at radius 2 is 2.15 bits per heavy atom. The van der Waals surface area contributed by atoms with E-state index in [0.717, 1.165) is 43.6 Å². The van der Waals surface area contributed by atoms with Crippen LogP contribution in [-0.2, 0) is 4.79 Å². The fourth-order valence-corrected chi connectivity index (χ4v) is 3.05. The van der Waals surface area contributed by atoms with E-state index in [0.29, 0.717) is 0 Å². The van der Waals surface area contributed by atoms with Gasteiger partial charge in [0.05, 0.1) is 0 Å². The molecule has 2 heteroatoms. The normalized spacial score (nSPS) is 20.5. The molecule has 0 atom stereocenters. The van der Waals surface area contributed by atoms with Gasteiger partial charge in [0, 0.05) is 11.8 Å². The minimum absolute atomic E-state index is 0.0257. The molecule has 1 heterocycles. The summed E-state index contributed by atoms with van der Waals surface area (Å²) in [7, 11) is 0. The third-order valence-corrected chi connectivity index (χ3v) is 3.72. The van der Waals surface area contributed by atoms with Gasteiger partial charge in [0.2, 0.25) is 0 Å². The number of aldehydes is 1. The highest BCUT2D eigenvalue weighted by Gasteiger charge is 2.30. The monoisotopic (exact) mass is 196 g/mol. The summed E-state index contributed by atoms with van der Waals surface area (Å²) >= 11 is 1.95. The Morgan fingerprint density at radius 3 is 2.69 bits per heavy atom. The summed E-state index contributed by atoms with van der Waals surface area (Å²) in [5, 5.41) is 0. The van der Waals surface area contributed by atoms with Gasteiger partial charge in [-0.3, -0.25) is 0 Å². The van der Waals surface area contributed by atoms with Gasteiger partial charge in [-0.25, -0.2) is 0 Å². The molecule has 0 aromatic heterocycles. The number of hydrogen-bond acceptors (Lipinski definition) is 2.